The van der Waals surface area contributed by atoms with Crippen molar-refractivity contribution in [1.29, 1.82) is 0 Å². The molecule has 0 aromatic heterocycles. The summed E-state index contributed by atoms with van der Waals surface area (Å²) in [5.41, 5.74) is 5.70. The summed E-state index contributed by atoms with van der Waals surface area (Å²) in [4.78, 5) is 11.3. The molecule has 150 valence electrons. The molecular formula is C23H29NO4. The molecule has 0 aliphatic rings. The summed E-state index contributed by atoms with van der Waals surface area (Å²) in [7, 11) is 3.23. The Kier molecular flexibility index (Phi) is 6.73. The second-order valence-electron chi connectivity index (χ2n) is 7.11. The standard InChI is InChI=1S/C23H29NO4/c1-13(2)24-18-10-8-17(9-11-18)20-16(5)21(27-6)19(12-14(3)23(25)26)15(4)22(20)28-7/h8-13,24H,1-7H3,(H,25,26)/b14-12+. The Bertz CT molecular complexity index is 896. The fraction of sp³-hybridized carbons (Fsp3) is 0.348. The Morgan fingerprint density at radius 2 is 1.61 bits per heavy atom. The van der Waals surface area contributed by atoms with Gasteiger partial charge >= 0.3 is 5.97 Å². The van der Waals surface area contributed by atoms with E-state index in [-0.39, 0.29) is 5.57 Å². The molecule has 0 radical (unpaired) electrons. The van der Waals surface area contributed by atoms with Crippen molar-refractivity contribution in [3.8, 4) is 22.6 Å². The summed E-state index contributed by atoms with van der Waals surface area (Å²) in [6.45, 7) is 9.64. The molecule has 2 N–H and O–H groups in total. The summed E-state index contributed by atoms with van der Waals surface area (Å²) in [6.07, 6.45) is 1.63. The number of nitrogens with one attached hydrogen (secondary N) is 1. The Labute approximate surface area is 167 Å². The van der Waals surface area contributed by atoms with Gasteiger partial charge in [-0.05, 0) is 58.4 Å². The summed E-state index contributed by atoms with van der Waals surface area (Å²) in [5.74, 6) is 0.404. The second kappa shape index (κ2) is 8.83. The monoisotopic (exact) mass is 383 g/mol. The molecule has 0 fully saturated rings. The Balaban J connectivity index is 2.71. The number of carboxylic acids is 1. The van der Waals surface area contributed by atoms with Crippen molar-refractivity contribution in [3.05, 3.63) is 46.5 Å². The van der Waals surface area contributed by atoms with Crippen LogP contribution in [0.3, 0.4) is 0 Å². The van der Waals surface area contributed by atoms with Crippen molar-refractivity contribution < 1.29 is 19.4 Å². The van der Waals surface area contributed by atoms with Crippen LogP contribution in [-0.2, 0) is 4.79 Å². The molecule has 0 unspecified atom stereocenters. The highest BCUT2D eigenvalue weighted by atomic mass is 16.5. The number of anilines is 1. The third-order valence-corrected chi connectivity index (χ3v) is 4.67. The smallest absolute Gasteiger partial charge is 0.331 e. The van der Waals surface area contributed by atoms with Gasteiger partial charge < -0.3 is 19.9 Å². The SMILES string of the molecule is COc1c(C)c(-c2ccc(NC(C)C)cc2)c(OC)c(C)c1/C=C(\C)C(=O)O. The molecule has 0 atom stereocenters. The average Bonchev–Trinajstić information content (AvgIpc) is 2.64. The van der Waals surface area contributed by atoms with E-state index >= 15 is 0 Å². The van der Waals surface area contributed by atoms with Crippen LogP contribution < -0.4 is 14.8 Å². The fourth-order valence-corrected chi connectivity index (χ4v) is 3.35. The summed E-state index contributed by atoms with van der Waals surface area (Å²) >= 11 is 0. The maximum Gasteiger partial charge on any atom is 0.331 e. The molecule has 0 aliphatic carbocycles. The first-order chi connectivity index (χ1) is 13.2. The van der Waals surface area contributed by atoms with Gasteiger partial charge in [0.2, 0.25) is 0 Å². The lowest BCUT2D eigenvalue weighted by atomic mass is 9.91. The Morgan fingerprint density at radius 3 is 2.07 bits per heavy atom. The van der Waals surface area contributed by atoms with E-state index in [1.54, 1.807) is 27.2 Å². The molecular weight excluding hydrogens is 354 g/mol. The van der Waals surface area contributed by atoms with Crippen LogP contribution in [0.15, 0.2) is 29.8 Å². The largest absolute Gasteiger partial charge is 0.496 e. The Morgan fingerprint density at radius 1 is 1.04 bits per heavy atom. The van der Waals surface area contributed by atoms with Crippen molar-refractivity contribution >= 4 is 17.7 Å². The minimum Gasteiger partial charge on any atom is -0.496 e. The van der Waals surface area contributed by atoms with Crippen LogP contribution >= 0.6 is 0 Å². The fourth-order valence-electron chi connectivity index (χ4n) is 3.35. The minimum absolute atomic E-state index is 0.236. The van der Waals surface area contributed by atoms with Crippen LogP contribution in [0, 0.1) is 13.8 Å². The lowest BCUT2D eigenvalue weighted by Crippen LogP contribution is -2.09. The zero-order valence-electron chi connectivity index (χ0n) is 17.6. The number of methoxy groups -OCH3 is 2. The van der Waals surface area contributed by atoms with Crippen molar-refractivity contribution in [2.75, 3.05) is 19.5 Å². The number of hydrogen-bond donors (Lipinski definition) is 2. The second-order valence-corrected chi connectivity index (χ2v) is 7.11. The van der Waals surface area contributed by atoms with Gasteiger partial charge in [0.25, 0.3) is 0 Å². The van der Waals surface area contributed by atoms with Gasteiger partial charge in [0.05, 0.1) is 14.2 Å². The number of carbonyl (C=O) groups is 1. The molecule has 2 rings (SSSR count). The lowest BCUT2D eigenvalue weighted by molar-refractivity contribution is -0.132. The Hall–Kier alpha value is -2.95. The quantitative estimate of drug-likeness (QED) is 0.635. The minimum atomic E-state index is -0.963. The van der Waals surface area contributed by atoms with Gasteiger partial charge in [-0.3, -0.25) is 0 Å². The van der Waals surface area contributed by atoms with Crippen LogP contribution in [0.4, 0.5) is 5.69 Å². The molecule has 28 heavy (non-hydrogen) atoms. The van der Waals surface area contributed by atoms with Crippen LogP contribution in [0.1, 0.15) is 37.5 Å². The van der Waals surface area contributed by atoms with E-state index in [1.807, 2.05) is 38.1 Å². The van der Waals surface area contributed by atoms with Crippen LogP contribution in [0.25, 0.3) is 17.2 Å². The van der Waals surface area contributed by atoms with Gasteiger partial charge in [0.15, 0.2) is 0 Å². The van der Waals surface area contributed by atoms with Gasteiger partial charge in [-0.2, -0.15) is 0 Å². The maximum atomic E-state index is 11.3. The average molecular weight is 383 g/mol. The molecule has 0 saturated heterocycles. The van der Waals surface area contributed by atoms with E-state index in [1.165, 1.54) is 0 Å². The number of carboxylic acid groups (broad SMARTS) is 1. The van der Waals surface area contributed by atoms with Gasteiger partial charge in [0.1, 0.15) is 11.5 Å². The number of rotatable bonds is 7. The number of benzene rings is 2. The van der Waals surface area contributed by atoms with E-state index in [0.717, 1.165) is 33.5 Å². The number of ether oxygens (including phenoxy) is 2. The third-order valence-electron chi connectivity index (χ3n) is 4.67. The van der Waals surface area contributed by atoms with E-state index in [9.17, 15) is 9.90 Å². The molecule has 0 saturated carbocycles. The van der Waals surface area contributed by atoms with Gasteiger partial charge in [-0.1, -0.05) is 12.1 Å². The highest BCUT2D eigenvalue weighted by Crippen LogP contribution is 2.44. The number of hydrogen-bond acceptors (Lipinski definition) is 4. The molecule has 0 amide bonds. The van der Waals surface area contributed by atoms with Crippen LogP contribution in [0.5, 0.6) is 11.5 Å². The normalized spacial score (nSPS) is 11.5. The summed E-state index contributed by atoms with van der Waals surface area (Å²) in [6, 6.07) is 8.53. The highest BCUT2D eigenvalue weighted by molar-refractivity contribution is 5.93. The molecule has 2 aromatic rings. The first-order valence-electron chi connectivity index (χ1n) is 9.24. The third kappa shape index (κ3) is 4.30. The van der Waals surface area contributed by atoms with E-state index in [0.29, 0.717) is 17.5 Å². The zero-order chi connectivity index (χ0) is 21.0. The van der Waals surface area contributed by atoms with Crippen molar-refractivity contribution in [3.63, 3.8) is 0 Å². The lowest BCUT2D eigenvalue weighted by Gasteiger charge is -2.21. The molecule has 5 heteroatoms. The highest BCUT2D eigenvalue weighted by Gasteiger charge is 2.21. The number of aliphatic carboxylic acids is 1. The summed E-state index contributed by atoms with van der Waals surface area (Å²) in [5, 5.41) is 12.7. The van der Waals surface area contributed by atoms with Crippen LogP contribution in [0.2, 0.25) is 0 Å². The van der Waals surface area contributed by atoms with Gasteiger partial charge in [-0.15, -0.1) is 0 Å². The van der Waals surface area contributed by atoms with E-state index < -0.39 is 5.97 Å². The van der Waals surface area contributed by atoms with Gasteiger partial charge in [0, 0.05) is 39.6 Å². The molecule has 0 bridgehead atoms. The van der Waals surface area contributed by atoms with E-state index in [2.05, 4.69) is 19.2 Å². The topological polar surface area (TPSA) is 67.8 Å². The first-order valence-corrected chi connectivity index (χ1v) is 9.24. The summed E-state index contributed by atoms with van der Waals surface area (Å²) < 4.78 is 11.4. The van der Waals surface area contributed by atoms with Crippen molar-refractivity contribution in [2.24, 2.45) is 0 Å². The molecule has 0 heterocycles. The molecule has 0 aliphatic heterocycles. The molecule has 5 nitrogen and oxygen atoms in total. The van der Waals surface area contributed by atoms with Crippen LogP contribution in [-0.4, -0.2) is 31.3 Å². The maximum absolute atomic E-state index is 11.3. The molecule has 0 spiro atoms. The predicted molar refractivity (Wildman–Crippen MR) is 115 cm³/mol. The zero-order valence-corrected chi connectivity index (χ0v) is 17.6. The van der Waals surface area contributed by atoms with Crippen molar-refractivity contribution in [1.82, 2.24) is 0 Å². The van der Waals surface area contributed by atoms with Gasteiger partial charge in [-0.25, -0.2) is 4.79 Å². The predicted octanol–water partition coefficient (Wildman–Crippen LogP) is 5.30. The molecule has 2 aromatic carbocycles. The van der Waals surface area contributed by atoms with Crippen molar-refractivity contribution in [2.45, 2.75) is 40.7 Å². The van der Waals surface area contributed by atoms with E-state index in [4.69, 9.17) is 9.47 Å². The first kappa shape index (κ1) is 21.4.